The van der Waals surface area contributed by atoms with Crippen LogP contribution in [0.4, 0.5) is 0 Å². The number of ether oxygens (including phenoxy) is 1. The predicted molar refractivity (Wildman–Crippen MR) is 70.8 cm³/mol. The topological polar surface area (TPSA) is 79.0 Å². The Balaban J connectivity index is 1.79. The Kier molecular flexibility index (Phi) is 4.94. The van der Waals surface area contributed by atoms with Crippen LogP contribution in [0.25, 0.3) is 0 Å². The maximum absolute atomic E-state index is 12.1. The number of hydrogen-bond donors (Lipinski definition) is 1. The molecule has 1 N–H and O–H groups in total. The van der Waals surface area contributed by atoms with Crippen molar-refractivity contribution in [3.63, 3.8) is 0 Å². The van der Waals surface area contributed by atoms with Crippen LogP contribution in [0.5, 0.6) is 0 Å². The Hall–Kier alpha value is -1.63. The summed E-state index contributed by atoms with van der Waals surface area (Å²) in [5.41, 5.74) is 0. The lowest BCUT2D eigenvalue weighted by Crippen LogP contribution is -2.64. The molecule has 2 fully saturated rings. The molecule has 0 spiro atoms. The van der Waals surface area contributed by atoms with E-state index in [1.54, 1.807) is 4.90 Å². The molecule has 2 aliphatic rings. The highest BCUT2D eigenvalue weighted by Gasteiger charge is 2.35. The van der Waals surface area contributed by atoms with Crippen LogP contribution in [0.15, 0.2) is 0 Å². The van der Waals surface area contributed by atoms with Gasteiger partial charge >= 0.3 is 5.97 Å². The van der Waals surface area contributed by atoms with Gasteiger partial charge in [0.2, 0.25) is 11.8 Å². The molecule has 112 valence electrons. The molecule has 0 aromatic rings. The number of carbonyl (C=O) groups is 3. The normalized spacial score (nSPS) is 22.9. The second kappa shape index (κ2) is 6.69. The summed E-state index contributed by atoms with van der Waals surface area (Å²) in [5.74, 6) is -0.287. The number of nitrogens with zero attached hydrogens (tertiary/aromatic N) is 2. The first-order valence-corrected chi connectivity index (χ1v) is 6.98. The summed E-state index contributed by atoms with van der Waals surface area (Å²) in [5, 5.41) is 2.83. The van der Waals surface area contributed by atoms with Crippen LogP contribution in [0.2, 0.25) is 0 Å². The summed E-state index contributed by atoms with van der Waals surface area (Å²) in [6.45, 7) is 3.37. The van der Waals surface area contributed by atoms with E-state index in [0.29, 0.717) is 32.5 Å². The first kappa shape index (κ1) is 14.8. The van der Waals surface area contributed by atoms with E-state index < -0.39 is 0 Å². The molecule has 0 aromatic carbocycles. The molecule has 2 heterocycles. The van der Waals surface area contributed by atoms with Crippen LogP contribution in [-0.2, 0) is 19.1 Å². The fourth-order valence-electron chi connectivity index (χ4n) is 2.65. The van der Waals surface area contributed by atoms with Gasteiger partial charge in [0.1, 0.15) is 6.04 Å². The molecule has 1 atom stereocenters. The zero-order chi connectivity index (χ0) is 14.5. The van der Waals surface area contributed by atoms with Gasteiger partial charge in [-0.1, -0.05) is 0 Å². The zero-order valence-corrected chi connectivity index (χ0v) is 11.8. The molecule has 0 radical (unpaired) electrons. The van der Waals surface area contributed by atoms with Crippen LogP contribution in [0.1, 0.15) is 19.3 Å². The standard InChI is InChI=1S/C13H21N3O4/c1-20-12(18)4-2-3-11(17)16-8-7-15-6-5-14-13(19)10(15)9-16/h10H,2-9H2,1H3,(H,14,19)/t10-/m0/s1. The minimum atomic E-state index is -0.297. The lowest BCUT2D eigenvalue weighted by Gasteiger charge is -2.43. The summed E-state index contributed by atoms with van der Waals surface area (Å²) in [4.78, 5) is 38.7. The number of carbonyl (C=O) groups excluding carboxylic acids is 3. The van der Waals surface area contributed by atoms with Crippen LogP contribution in [0.3, 0.4) is 0 Å². The van der Waals surface area contributed by atoms with E-state index in [0.717, 1.165) is 13.1 Å². The SMILES string of the molecule is COC(=O)CCCC(=O)N1CCN2CCNC(=O)[C@@H]2C1. The van der Waals surface area contributed by atoms with Crippen molar-refractivity contribution in [1.29, 1.82) is 0 Å². The van der Waals surface area contributed by atoms with E-state index in [-0.39, 0.29) is 30.2 Å². The van der Waals surface area contributed by atoms with Crippen molar-refractivity contribution < 1.29 is 19.1 Å². The molecule has 7 nitrogen and oxygen atoms in total. The van der Waals surface area contributed by atoms with Crippen molar-refractivity contribution in [3.8, 4) is 0 Å². The average molecular weight is 283 g/mol. The van der Waals surface area contributed by atoms with Gasteiger partial charge in [-0.25, -0.2) is 0 Å². The third kappa shape index (κ3) is 3.47. The monoisotopic (exact) mass is 283 g/mol. The molecular formula is C13H21N3O4. The number of rotatable bonds is 4. The molecule has 0 aliphatic carbocycles. The largest absolute Gasteiger partial charge is 0.469 e. The number of amides is 2. The molecule has 0 bridgehead atoms. The Morgan fingerprint density at radius 2 is 2.10 bits per heavy atom. The Morgan fingerprint density at radius 1 is 1.30 bits per heavy atom. The van der Waals surface area contributed by atoms with E-state index in [1.807, 2.05) is 0 Å². The van der Waals surface area contributed by atoms with E-state index in [1.165, 1.54) is 7.11 Å². The first-order chi connectivity index (χ1) is 9.61. The minimum absolute atomic E-state index is 0.00307. The Labute approximate surface area is 118 Å². The molecule has 2 aliphatic heterocycles. The summed E-state index contributed by atoms with van der Waals surface area (Å²) in [6, 6.07) is -0.220. The van der Waals surface area contributed by atoms with Gasteiger partial charge in [0, 0.05) is 45.6 Å². The van der Waals surface area contributed by atoms with Crippen LogP contribution in [-0.4, -0.2) is 73.5 Å². The van der Waals surface area contributed by atoms with Gasteiger partial charge in [0.15, 0.2) is 0 Å². The highest BCUT2D eigenvalue weighted by atomic mass is 16.5. The van der Waals surface area contributed by atoms with Crippen molar-refractivity contribution in [2.45, 2.75) is 25.3 Å². The maximum Gasteiger partial charge on any atom is 0.305 e. The maximum atomic E-state index is 12.1. The van der Waals surface area contributed by atoms with Crippen LogP contribution in [0, 0.1) is 0 Å². The quantitative estimate of drug-likeness (QED) is 0.668. The van der Waals surface area contributed by atoms with Crippen molar-refractivity contribution in [1.82, 2.24) is 15.1 Å². The van der Waals surface area contributed by atoms with Gasteiger partial charge in [-0.3, -0.25) is 19.3 Å². The smallest absolute Gasteiger partial charge is 0.305 e. The van der Waals surface area contributed by atoms with Crippen LogP contribution >= 0.6 is 0 Å². The second-order valence-electron chi connectivity index (χ2n) is 5.11. The molecular weight excluding hydrogens is 262 g/mol. The van der Waals surface area contributed by atoms with Crippen molar-refractivity contribution >= 4 is 17.8 Å². The summed E-state index contributed by atoms with van der Waals surface area (Å²) in [7, 11) is 1.34. The molecule has 7 heteroatoms. The molecule has 20 heavy (non-hydrogen) atoms. The van der Waals surface area contributed by atoms with E-state index in [2.05, 4.69) is 15.0 Å². The van der Waals surface area contributed by atoms with Crippen LogP contribution < -0.4 is 5.32 Å². The number of fused-ring (bicyclic) bond motifs is 1. The minimum Gasteiger partial charge on any atom is -0.469 e. The van der Waals surface area contributed by atoms with Gasteiger partial charge in [0.25, 0.3) is 0 Å². The molecule has 2 rings (SSSR count). The number of methoxy groups -OCH3 is 1. The zero-order valence-electron chi connectivity index (χ0n) is 11.8. The number of nitrogens with one attached hydrogen (secondary N) is 1. The third-order valence-electron chi connectivity index (χ3n) is 3.84. The van der Waals surface area contributed by atoms with Gasteiger partial charge in [-0.05, 0) is 6.42 Å². The molecule has 2 saturated heterocycles. The molecule has 2 amide bonds. The lowest BCUT2D eigenvalue weighted by molar-refractivity contribution is -0.141. The summed E-state index contributed by atoms with van der Waals surface area (Å²) < 4.78 is 4.54. The van der Waals surface area contributed by atoms with E-state index in [4.69, 9.17) is 0 Å². The second-order valence-corrected chi connectivity index (χ2v) is 5.11. The fourth-order valence-corrected chi connectivity index (χ4v) is 2.65. The lowest BCUT2D eigenvalue weighted by atomic mass is 10.1. The summed E-state index contributed by atoms with van der Waals surface area (Å²) in [6.07, 6.45) is 1.07. The Bertz CT molecular complexity index is 399. The number of piperazine rings is 2. The fraction of sp³-hybridized carbons (Fsp3) is 0.769. The van der Waals surface area contributed by atoms with E-state index in [9.17, 15) is 14.4 Å². The highest BCUT2D eigenvalue weighted by Crippen LogP contribution is 2.14. The molecule has 0 saturated carbocycles. The summed E-state index contributed by atoms with van der Waals surface area (Å²) >= 11 is 0. The van der Waals surface area contributed by atoms with Gasteiger partial charge in [-0.2, -0.15) is 0 Å². The number of esters is 1. The average Bonchev–Trinajstić information content (AvgIpc) is 2.47. The van der Waals surface area contributed by atoms with Gasteiger partial charge < -0.3 is 15.0 Å². The first-order valence-electron chi connectivity index (χ1n) is 6.98. The number of hydrogen-bond acceptors (Lipinski definition) is 5. The van der Waals surface area contributed by atoms with Gasteiger partial charge in [0.05, 0.1) is 7.11 Å². The van der Waals surface area contributed by atoms with E-state index >= 15 is 0 Å². The van der Waals surface area contributed by atoms with Crippen molar-refractivity contribution in [2.24, 2.45) is 0 Å². The van der Waals surface area contributed by atoms with Crippen molar-refractivity contribution in [2.75, 3.05) is 39.8 Å². The highest BCUT2D eigenvalue weighted by molar-refractivity contribution is 5.84. The predicted octanol–water partition coefficient (Wildman–Crippen LogP) is -1.03. The molecule has 0 aromatic heterocycles. The third-order valence-corrected chi connectivity index (χ3v) is 3.84. The Morgan fingerprint density at radius 3 is 2.85 bits per heavy atom. The van der Waals surface area contributed by atoms with Gasteiger partial charge in [-0.15, -0.1) is 0 Å². The van der Waals surface area contributed by atoms with Crippen molar-refractivity contribution in [3.05, 3.63) is 0 Å². The molecule has 0 unspecified atom stereocenters.